The lowest BCUT2D eigenvalue weighted by Gasteiger charge is -1.86. The molecule has 1 rings (SSSR count). The molecule has 1 heterocycles. The van der Waals surface area contributed by atoms with E-state index in [1.807, 2.05) is 48.6 Å². The summed E-state index contributed by atoms with van der Waals surface area (Å²) in [7, 11) is 0. The Morgan fingerprint density at radius 3 is 2.69 bits per heavy atom. The van der Waals surface area contributed by atoms with Crippen molar-refractivity contribution in [2.45, 2.75) is 0 Å². The molecule has 65 valence electrons. The van der Waals surface area contributed by atoms with Gasteiger partial charge in [-0.1, -0.05) is 36.5 Å². The summed E-state index contributed by atoms with van der Waals surface area (Å²) in [5.41, 5.74) is 0.971. The molecule has 0 spiro atoms. The van der Waals surface area contributed by atoms with Crippen LogP contribution < -0.4 is 0 Å². The Morgan fingerprint density at radius 2 is 1.77 bits per heavy atom. The van der Waals surface area contributed by atoms with Gasteiger partial charge in [-0.3, -0.25) is 4.99 Å². The zero-order chi connectivity index (χ0) is 9.36. The van der Waals surface area contributed by atoms with Gasteiger partial charge in [0.25, 0.3) is 0 Å². The molecule has 1 heteroatoms. The minimum absolute atomic E-state index is 0.971. The van der Waals surface area contributed by atoms with Gasteiger partial charge in [-0.25, -0.2) is 0 Å². The average Bonchev–Trinajstić information content (AvgIpc) is 2.11. The van der Waals surface area contributed by atoms with Crippen LogP contribution in [0.15, 0.2) is 65.4 Å². The summed E-state index contributed by atoms with van der Waals surface area (Å²) in [6.07, 6.45) is 18.8. The SMILES string of the molecule is [CH2]C1=CC=CC=CC=NC=CC=C1. The van der Waals surface area contributed by atoms with Crippen molar-refractivity contribution in [3.05, 3.63) is 67.3 Å². The topological polar surface area (TPSA) is 12.4 Å². The van der Waals surface area contributed by atoms with Gasteiger partial charge in [0.2, 0.25) is 0 Å². The highest BCUT2D eigenvalue weighted by atomic mass is 14.6. The number of rotatable bonds is 0. The zero-order valence-corrected chi connectivity index (χ0v) is 7.43. The van der Waals surface area contributed by atoms with Gasteiger partial charge in [0.05, 0.1) is 0 Å². The van der Waals surface area contributed by atoms with Gasteiger partial charge >= 0.3 is 0 Å². The fourth-order valence-electron chi connectivity index (χ4n) is 0.791. The summed E-state index contributed by atoms with van der Waals surface area (Å²) in [5.74, 6) is 0. The third-order valence-electron chi connectivity index (χ3n) is 1.41. The van der Waals surface area contributed by atoms with E-state index < -0.39 is 0 Å². The lowest BCUT2D eigenvalue weighted by atomic mass is 10.2. The first-order valence-corrected chi connectivity index (χ1v) is 4.11. The highest BCUT2D eigenvalue weighted by molar-refractivity contribution is 5.72. The number of hydrogen-bond acceptors (Lipinski definition) is 1. The van der Waals surface area contributed by atoms with Crippen LogP contribution in [0.4, 0.5) is 0 Å². The van der Waals surface area contributed by atoms with Gasteiger partial charge in [0.1, 0.15) is 0 Å². The predicted octanol–water partition coefficient (Wildman–Crippen LogP) is 3.01. The highest BCUT2D eigenvalue weighted by Crippen LogP contribution is 1.96. The molecule has 0 N–H and O–H groups in total. The van der Waals surface area contributed by atoms with E-state index in [1.54, 1.807) is 12.4 Å². The Kier molecular flexibility index (Phi) is 4.33. The number of nitrogens with zero attached hydrogens (tertiary/aromatic N) is 1. The molecule has 0 aromatic rings. The van der Waals surface area contributed by atoms with Crippen LogP contribution in [0.1, 0.15) is 0 Å². The molecule has 0 saturated heterocycles. The molecule has 0 unspecified atom stereocenters. The molecule has 1 aliphatic heterocycles. The Hall–Kier alpha value is -1.63. The van der Waals surface area contributed by atoms with Crippen LogP contribution in [-0.4, -0.2) is 6.21 Å². The highest BCUT2D eigenvalue weighted by Gasteiger charge is 1.76. The molecule has 1 nitrogen and oxygen atoms in total. The van der Waals surface area contributed by atoms with Crippen LogP contribution in [0.3, 0.4) is 0 Å². The largest absolute Gasteiger partial charge is 0.265 e. The van der Waals surface area contributed by atoms with Crippen molar-refractivity contribution < 1.29 is 0 Å². The lowest BCUT2D eigenvalue weighted by molar-refractivity contribution is 1.58. The Balaban J connectivity index is 2.78. The number of hydrogen-bond donors (Lipinski definition) is 0. The van der Waals surface area contributed by atoms with Crippen molar-refractivity contribution in [2.24, 2.45) is 4.99 Å². The Labute approximate surface area is 79.2 Å². The zero-order valence-electron chi connectivity index (χ0n) is 7.43. The van der Waals surface area contributed by atoms with Crippen LogP contribution in [0.2, 0.25) is 0 Å². The molecule has 0 bridgehead atoms. The molecule has 0 fully saturated rings. The molecule has 0 atom stereocenters. The van der Waals surface area contributed by atoms with Gasteiger partial charge < -0.3 is 0 Å². The van der Waals surface area contributed by atoms with Gasteiger partial charge in [0, 0.05) is 12.4 Å². The molecule has 0 aliphatic carbocycles. The van der Waals surface area contributed by atoms with E-state index in [1.165, 1.54) is 0 Å². The van der Waals surface area contributed by atoms with Crippen molar-refractivity contribution in [3.8, 4) is 0 Å². The number of aliphatic imine (C=N–C) groups is 1. The number of allylic oxidation sites excluding steroid dienone is 9. The maximum atomic E-state index is 4.01. The minimum atomic E-state index is 0.971. The first-order valence-electron chi connectivity index (χ1n) is 4.11. The van der Waals surface area contributed by atoms with E-state index in [2.05, 4.69) is 11.9 Å². The molecule has 1 radical (unpaired) electrons. The molecule has 13 heavy (non-hydrogen) atoms. The summed E-state index contributed by atoms with van der Waals surface area (Å²) in [6.45, 7) is 3.85. The first-order chi connectivity index (χ1) is 6.39. The molecule has 0 amide bonds. The summed E-state index contributed by atoms with van der Waals surface area (Å²) in [5, 5.41) is 0. The van der Waals surface area contributed by atoms with Crippen LogP contribution in [-0.2, 0) is 0 Å². The van der Waals surface area contributed by atoms with Gasteiger partial charge in [0.15, 0.2) is 0 Å². The monoisotopic (exact) mass is 170 g/mol. The molecular formula is C12H12N. The van der Waals surface area contributed by atoms with Crippen molar-refractivity contribution >= 4 is 6.21 Å². The minimum Gasteiger partial charge on any atom is -0.265 e. The molecule has 0 aromatic carbocycles. The quantitative estimate of drug-likeness (QED) is 0.530. The summed E-state index contributed by atoms with van der Waals surface area (Å²) in [6, 6.07) is 0. The van der Waals surface area contributed by atoms with E-state index in [-0.39, 0.29) is 0 Å². The van der Waals surface area contributed by atoms with Crippen molar-refractivity contribution in [3.63, 3.8) is 0 Å². The van der Waals surface area contributed by atoms with Gasteiger partial charge in [-0.05, 0) is 24.6 Å². The molecule has 0 aromatic heterocycles. The van der Waals surface area contributed by atoms with Crippen LogP contribution in [0.5, 0.6) is 0 Å². The van der Waals surface area contributed by atoms with Crippen molar-refractivity contribution in [1.29, 1.82) is 0 Å². The fourth-order valence-corrected chi connectivity index (χ4v) is 0.791. The summed E-state index contributed by atoms with van der Waals surface area (Å²) in [4.78, 5) is 4.01. The first kappa shape index (κ1) is 9.46. The standard InChI is InChI=1S/C12H12N/c1-12-8-4-2-3-6-10-13-11-7-5-9-12/h2-11H,1H2. The molecule has 0 saturated carbocycles. The summed E-state index contributed by atoms with van der Waals surface area (Å²) < 4.78 is 0. The van der Waals surface area contributed by atoms with E-state index in [4.69, 9.17) is 0 Å². The third kappa shape index (κ3) is 4.75. The van der Waals surface area contributed by atoms with E-state index in [0.717, 1.165) is 5.57 Å². The van der Waals surface area contributed by atoms with Crippen LogP contribution in [0.25, 0.3) is 0 Å². The average molecular weight is 170 g/mol. The van der Waals surface area contributed by atoms with Gasteiger partial charge in [-0.2, -0.15) is 0 Å². The maximum absolute atomic E-state index is 4.01. The molecule has 1 aliphatic rings. The van der Waals surface area contributed by atoms with Crippen molar-refractivity contribution in [1.82, 2.24) is 0 Å². The second-order valence-corrected chi connectivity index (χ2v) is 2.51. The fraction of sp³-hybridized carbons (Fsp3) is 0. The Morgan fingerprint density at radius 1 is 0.923 bits per heavy atom. The van der Waals surface area contributed by atoms with E-state index >= 15 is 0 Å². The normalized spacial score (nSPS) is 16.5. The maximum Gasteiger partial charge on any atom is 0.0267 e. The summed E-state index contributed by atoms with van der Waals surface area (Å²) >= 11 is 0. The van der Waals surface area contributed by atoms with Crippen LogP contribution in [0, 0.1) is 6.92 Å². The third-order valence-corrected chi connectivity index (χ3v) is 1.41. The predicted molar refractivity (Wildman–Crippen MR) is 58.5 cm³/mol. The Bertz CT molecular complexity index is 312. The smallest absolute Gasteiger partial charge is 0.0267 e. The van der Waals surface area contributed by atoms with Crippen molar-refractivity contribution in [2.75, 3.05) is 0 Å². The van der Waals surface area contributed by atoms with E-state index in [0.29, 0.717) is 0 Å². The lowest BCUT2D eigenvalue weighted by Crippen LogP contribution is -1.67. The van der Waals surface area contributed by atoms with Gasteiger partial charge in [-0.15, -0.1) is 0 Å². The van der Waals surface area contributed by atoms with Crippen LogP contribution >= 0.6 is 0 Å². The molecular weight excluding hydrogens is 158 g/mol. The second kappa shape index (κ2) is 5.95. The van der Waals surface area contributed by atoms with E-state index in [9.17, 15) is 0 Å². The second-order valence-electron chi connectivity index (χ2n) is 2.51.